The minimum Gasteiger partial charge on any atom is -0.496 e. The zero-order valence-electron chi connectivity index (χ0n) is 9.76. The first-order chi connectivity index (χ1) is 8.29. The number of methoxy groups -OCH3 is 1. The molecule has 0 amide bonds. The number of anilines is 1. The van der Waals surface area contributed by atoms with Crippen molar-refractivity contribution < 1.29 is 4.74 Å². The smallest absolute Gasteiger partial charge is 0.146 e. The molecule has 4 heteroatoms. The summed E-state index contributed by atoms with van der Waals surface area (Å²) in [5, 5.41) is 7.86. The van der Waals surface area contributed by atoms with Crippen LogP contribution in [-0.4, -0.2) is 17.3 Å². The fourth-order valence-corrected chi connectivity index (χ4v) is 1.68. The van der Waals surface area contributed by atoms with Gasteiger partial charge in [0.2, 0.25) is 0 Å². The van der Waals surface area contributed by atoms with Gasteiger partial charge in [0.1, 0.15) is 11.6 Å². The number of para-hydroxylation sites is 1. The average molecular weight is 229 g/mol. The molecular weight excluding hydrogens is 214 g/mol. The largest absolute Gasteiger partial charge is 0.496 e. The summed E-state index contributed by atoms with van der Waals surface area (Å²) in [5.74, 6) is 1.36. The van der Waals surface area contributed by atoms with Crippen molar-refractivity contribution in [3.05, 3.63) is 47.7 Å². The quantitative estimate of drug-likeness (QED) is 0.869. The molecular formula is C13H15N3O. The first-order valence-electron chi connectivity index (χ1n) is 5.49. The molecule has 0 aliphatic carbocycles. The van der Waals surface area contributed by atoms with Crippen molar-refractivity contribution in [2.45, 2.75) is 12.8 Å². The van der Waals surface area contributed by atoms with Crippen molar-refractivity contribution in [1.29, 1.82) is 0 Å². The zero-order valence-corrected chi connectivity index (χ0v) is 9.76. The molecule has 4 nitrogen and oxygen atoms in total. The number of aryl methyl sites for hydroxylation is 2. The highest BCUT2D eigenvalue weighted by atomic mass is 16.5. The first kappa shape index (κ1) is 11.4. The summed E-state index contributed by atoms with van der Waals surface area (Å²) in [6, 6.07) is 11.7. The highest BCUT2D eigenvalue weighted by Crippen LogP contribution is 2.18. The SMILES string of the molecule is COc1ccccc1CCc1ccc(N)nn1. The second-order valence-corrected chi connectivity index (χ2v) is 3.76. The van der Waals surface area contributed by atoms with Gasteiger partial charge >= 0.3 is 0 Å². The van der Waals surface area contributed by atoms with Gasteiger partial charge in [-0.05, 0) is 36.6 Å². The molecule has 0 saturated heterocycles. The van der Waals surface area contributed by atoms with Crippen LogP contribution >= 0.6 is 0 Å². The fraction of sp³-hybridized carbons (Fsp3) is 0.231. The van der Waals surface area contributed by atoms with Gasteiger partial charge in [-0.15, -0.1) is 5.10 Å². The monoisotopic (exact) mass is 229 g/mol. The Morgan fingerprint density at radius 3 is 2.59 bits per heavy atom. The summed E-state index contributed by atoms with van der Waals surface area (Å²) in [4.78, 5) is 0. The molecule has 2 N–H and O–H groups in total. The van der Waals surface area contributed by atoms with Crippen molar-refractivity contribution in [2.24, 2.45) is 0 Å². The van der Waals surface area contributed by atoms with E-state index in [2.05, 4.69) is 16.3 Å². The lowest BCUT2D eigenvalue weighted by Crippen LogP contribution is -2.00. The molecule has 17 heavy (non-hydrogen) atoms. The third-order valence-corrected chi connectivity index (χ3v) is 2.58. The van der Waals surface area contributed by atoms with Gasteiger partial charge in [-0.1, -0.05) is 18.2 Å². The molecule has 0 spiro atoms. The number of nitrogens with zero attached hydrogens (tertiary/aromatic N) is 2. The number of ether oxygens (including phenoxy) is 1. The van der Waals surface area contributed by atoms with E-state index in [-0.39, 0.29) is 0 Å². The first-order valence-corrected chi connectivity index (χ1v) is 5.49. The van der Waals surface area contributed by atoms with Crippen molar-refractivity contribution in [3.8, 4) is 5.75 Å². The van der Waals surface area contributed by atoms with Crippen molar-refractivity contribution in [1.82, 2.24) is 10.2 Å². The summed E-state index contributed by atoms with van der Waals surface area (Å²) < 4.78 is 5.30. The Labute approximate surface area is 100 Å². The Morgan fingerprint density at radius 1 is 1.06 bits per heavy atom. The zero-order chi connectivity index (χ0) is 12.1. The molecule has 0 radical (unpaired) electrons. The maximum absolute atomic E-state index is 5.49. The normalized spacial score (nSPS) is 10.2. The van der Waals surface area contributed by atoms with E-state index in [0.717, 1.165) is 24.3 Å². The molecule has 0 aliphatic heterocycles. The van der Waals surface area contributed by atoms with Crippen molar-refractivity contribution >= 4 is 5.82 Å². The molecule has 1 heterocycles. The fourth-order valence-electron chi connectivity index (χ4n) is 1.68. The van der Waals surface area contributed by atoms with Crippen molar-refractivity contribution in [2.75, 3.05) is 12.8 Å². The van der Waals surface area contributed by atoms with Gasteiger partial charge in [0.15, 0.2) is 0 Å². The standard InChI is InChI=1S/C13H15N3O/c1-17-12-5-3-2-4-10(12)6-7-11-8-9-13(14)16-15-11/h2-5,8-9H,6-7H2,1H3,(H2,14,16). The van der Waals surface area contributed by atoms with E-state index < -0.39 is 0 Å². The highest BCUT2D eigenvalue weighted by molar-refractivity contribution is 5.34. The van der Waals surface area contributed by atoms with E-state index in [1.807, 2.05) is 24.3 Å². The molecule has 0 atom stereocenters. The van der Waals surface area contributed by atoms with E-state index in [4.69, 9.17) is 10.5 Å². The molecule has 88 valence electrons. The molecule has 2 aromatic rings. The van der Waals surface area contributed by atoms with Crippen LogP contribution < -0.4 is 10.5 Å². The Hall–Kier alpha value is -2.10. The number of nitrogen functional groups attached to an aromatic ring is 1. The topological polar surface area (TPSA) is 61.0 Å². The van der Waals surface area contributed by atoms with Gasteiger partial charge in [0.25, 0.3) is 0 Å². The van der Waals surface area contributed by atoms with Crippen LogP contribution in [-0.2, 0) is 12.8 Å². The van der Waals surface area contributed by atoms with E-state index in [9.17, 15) is 0 Å². The lowest BCUT2D eigenvalue weighted by Gasteiger charge is -2.07. The van der Waals surface area contributed by atoms with Gasteiger partial charge in [0, 0.05) is 0 Å². The summed E-state index contributed by atoms with van der Waals surface area (Å²) in [7, 11) is 1.68. The lowest BCUT2D eigenvalue weighted by atomic mass is 10.1. The van der Waals surface area contributed by atoms with Gasteiger partial charge in [-0.3, -0.25) is 0 Å². The van der Waals surface area contributed by atoms with Crippen LogP contribution in [0.15, 0.2) is 36.4 Å². The minimum absolute atomic E-state index is 0.450. The van der Waals surface area contributed by atoms with Crippen LogP contribution in [0.4, 0.5) is 5.82 Å². The Bertz CT molecular complexity index is 482. The van der Waals surface area contributed by atoms with E-state index >= 15 is 0 Å². The number of aromatic nitrogens is 2. The molecule has 0 saturated carbocycles. The number of hydrogen-bond acceptors (Lipinski definition) is 4. The van der Waals surface area contributed by atoms with Gasteiger partial charge in [-0.2, -0.15) is 5.10 Å². The van der Waals surface area contributed by atoms with E-state index in [1.54, 1.807) is 13.2 Å². The van der Waals surface area contributed by atoms with Gasteiger partial charge in [0.05, 0.1) is 12.8 Å². The van der Waals surface area contributed by atoms with Gasteiger partial charge < -0.3 is 10.5 Å². The molecule has 1 aromatic heterocycles. The second-order valence-electron chi connectivity index (χ2n) is 3.76. The molecule has 0 aliphatic rings. The second kappa shape index (κ2) is 5.30. The maximum atomic E-state index is 5.49. The van der Waals surface area contributed by atoms with E-state index in [0.29, 0.717) is 5.82 Å². The van der Waals surface area contributed by atoms with Crippen LogP contribution in [0.25, 0.3) is 0 Å². The number of hydrogen-bond donors (Lipinski definition) is 1. The summed E-state index contributed by atoms with van der Waals surface area (Å²) in [6.07, 6.45) is 1.70. The van der Waals surface area contributed by atoms with E-state index in [1.165, 1.54) is 5.56 Å². The molecule has 2 rings (SSSR count). The van der Waals surface area contributed by atoms with Crippen LogP contribution in [0.5, 0.6) is 5.75 Å². The lowest BCUT2D eigenvalue weighted by molar-refractivity contribution is 0.409. The number of rotatable bonds is 4. The summed E-state index contributed by atoms with van der Waals surface area (Å²) in [5.41, 5.74) is 7.60. The van der Waals surface area contributed by atoms with Gasteiger partial charge in [-0.25, -0.2) is 0 Å². The highest BCUT2D eigenvalue weighted by Gasteiger charge is 2.03. The van der Waals surface area contributed by atoms with Crippen LogP contribution in [0.2, 0.25) is 0 Å². The number of nitrogens with two attached hydrogens (primary N) is 1. The van der Waals surface area contributed by atoms with Crippen molar-refractivity contribution in [3.63, 3.8) is 0 Å². The summed E-state index contributed by atoms with van der Waals surface area (Å²) >= 11 is 0. The third kappa shape index (κ3) is 2.93. The predicted octanol–water partition coefficient (Wildman–Crippen LogP) is 1.85. The maximum Gasteiger partial charge on any atom is 0.146 e. The third-order valence-electron chi connectivity index (χ3n) is 2.58. The Kier molecular flexibility index (Phi) is 3.55. The van der Waals surface area contributed by atoms with Crippen LogP contribution in [0.1, 0.15) is 11.3 Å². The summed E-state index contributed by atoms with van der Waals surface area (Å²) in [6.45, 7) is 0. The molecule has 1 aromatic carbocycles. The predicted molar refractivity (Wildman–Crippen MR) is 66.8 cm³/mol. The molecule has 0 unspecified atom stereocenters. The Balaban J connectivity index is 2.04. The Morgan fingerprint density at radius 2 is 1.88 bits per heavy atom. The number of benzene rings is 1. The minimum atomic E-state index is 0.450. The average Bonchev–Trinajstić information content (AvgIpc) is 2.38. The van der Waals surface area contributed by atoms with Crippen LogP contribution in [0.3, 0.4) is 0 Å². The molecule has 0 fully saturated rings. The molecule has 0 bridgehead atoms. The van der Waals surface area contributed by atoms with Crippen LogP contribution in [0, 0.1) is 0 Å².